The molecule has 1 saturated carbocycles. The molecule has 29 heavy (non-hydrogen) atoms. The SMILES string of the molecule is CNC(=O)COc1ccc(C(=O)NC(c2ccc(Br)cc2)C2CCC2)cc1OC. The van der Waals surface area contributed by atoms with Gasteiger partial charge in [-0.2, -0.15) is 0 Å². The molecule has 0 saturated heterocycles. The minimum Gasteiger partial charge on any atom is -0.493 e. The van der Waals surface area contributed by atoms with Crippen LogP contribution >= 0.6 is 15.9 Å². The largest absolute Gasteiger partial charge is 0.493 e. The number of amides is 2. The maximum absolute atomic E-state index is 13.0. The van der Waals surface area contributed by atoms with Gasteiger partial charge in [-0.3, -0.25) is 9.59 Å². The Morgan fingerprint density at radius 2 is 1.86 bits per heavy atom. The molecular formula is C22H25BrN2O4. The Morgan fingerprint density at radius 1 is 1.14 bits per heavy atom. The van der Waals surface area contributed by atoms with Gasteiger partial charge in [-0.15, -0.1) is 0 Å². The lowest BCUT2D eigenvalue weighted by Crippen LogP contribution is -2.36. The van der Waals surface area contributed by atoms with Crippen molar-refractivity contribution in [1.29, 1.82) is 0 Å². The molecule has 0 radical (unpaired) electrons. The summed E-state index contributed by atoms with van der Waals surface area (Å²) in [5.41, 5.74) is 1.58. The molecule has 7 heteroatoms. The summed E-state index contributed by atoms with van der Waals surface area (Å²) in [7, 11) is 3.04. The van der Waals surface area contributed by atoms with Gasteiger partial charge in [0, 0.05) is 17.1 Å². The zero-order chi connectivity index (χ0) is 20.8. The molecule has 154 valence electrons. The summed E-state index contributed by atoms with van der Waals surface area (Å²) >= 11 is 3.46. The lowest BCUT2D eigenvalue weighted by atomic mass is 9.77. The third kappa shape index (κ3) is 5.29. The summed E-state index contributed by atoms with van der Waals surface area (Å²) in [4.78, 5) is 24.3. The highest BCUT2D eigenvalue weighted by Crippen LogP contribution is 2.38. The van der Waals surface area contributed by atoms with Gasteiger partial charge in [0.25, 0.3) is 11.8 Å². The maximum Gasteiger partial charge on any atom is 0.257 e. The van der Waals surface area contributed by atoms with Crippen molar-refractivity contribution in [2.45, 2.75) is 25.3 Å². The van der Waals surface area contributed by atoms with E-state index < -0.39 is 0 Å². The van der Waals surface area contributed by atoms with Crippen molar-refractivity contribution in [2.75, 3.05) is 20.8 Å². The molecule has 3 rings (SSSR count). The molecule has 2 amide bonds. The molecule has 1 aliphatic carbocycles. The summed E-state index contributed by atoms with van der Waals surface area (Å²) in [6, 6.07) is 13.0. The van der Waals surface area contributed by atoms with Crippen molar-refractivity contribution >= 4 is 27.7 Å². The first-order chi connectivity index (χ1) is 14.0. The molecule has 2 N–H and O–H groups in total. The standard InChI is InChI=1S/C22H25BrN2O4/c1-24-20(26)13-29-18-11-8-16(12-19(18)28-2)22(27)25-21(14-4-3-5-14)15-6-9-17(23)10-7-15/h6-12,14,21H,3-5,13H2,1-2H3,(H,24,26)(H,25,27). The van der Waals surface area contributed by atoms with Crippen LogP contribution in [0, 0.1) is 5.92 Å². The van der Waals surface area contributed by atoms with Crippen LogP contribution in [0.25, 0.3) is 0 Å². The number of ether oxygens (including phenoxy) is 2. The van der Waals surface area contributed by atoms with Crippen molar-refractivity contribution in [3.05, 3.63) is 58.1 Å². The van der Waals surface area contributed by atoms with E-state index in [0.717, 1.165) is 22.9 Å². The van der Waals surface area contributed by atoms with Gasteiger partial charge in [0.05, 0.1) is 13.2 Å². The van der Waals surface area contributed by atoms with Crippen molar-refractivity contribution < 1.29 is 19.1 Å². The minimum absolute atomic E-state index is 0.0282. The molecule has 1 unspecified atom stereocenters. The molecule has 1 atom stereocenters. The highest BCUT2D eigenvalue weighted by atomic mass is 79.9. The van der Waals surface area contributed by atoms with Gasteiger partial charge in [0.2, 0.25) is 0 Å². The van der Waals surface area contributed by atoms with Gasteiger partial charge in [-0.1, -0.05) is 34.5 Å². The lowest BCUT2D eigenvalue weighted by Gasteiger charge is -2.34. The van der Waals surface area contributed by atoms with Gasteiger partial charge in [-0.25, -0.2) is 0 Å². The Kier molecular flexibility index (Phi) is 7.14. The quantitative estimate of drug-likeness (QED) is 0.626. The number of likely N-dealkylation sites (N-methyl/N-ethyl adjacent to an activating group) is 1. The fourth-order valence-corrected chi connectivity index (χ4v) is 3.55. The fourth-order valence-electron chi connectivity index (χ4n) is 3.28. The van der Waals surface area contributed by atoms with E-state index >= 15 is 0 Å². The first-order valence-electron chi connectivity index (χ1n) is 9.59. The summed E-state index contributed by atoms with van der Waals surface area (Å²) in [6.45, 7) is -0.119. The first kappa shape index (κ1) is 21.2. The first-order valence-corrected chi connectivity index (χ1v) is 10.4. The molecule has 0 heterocycles. The van der Waals surface area contributed by atoms with Crippen LogP contribution in [0.5, 0.6) is 11.5 Å². The van der Waals surface area contributed by atoms with E-state index in [-0.39, 0.29) is 24.5 Å². The number of hydrogen-bond acceptors (Lipinski definition) is 4. The number of rotatable bonds is 8. The van der Waals surface area contributed by atoms with Crippen LogP contribution in [-0.2, 0) is 4.79 Å². The monoisotopic (exact) mass is 460 g/mol. The molecule has 1 fully saturated rings. The average Bonchev–Trinajstić information content (AvgIpc) is 2.70. The van der Waals surface area contributed by atoms with Crippen LogP contribution in [-0.4, -0.2) is 32.6 Å². The summed E-state index contributed by atoms with van der Waals surface area (Å²) < 4.78 is 11.8. The van der Waals surface area contributed by atoms with Gasteiger partial charge < -0.3 is 20.1 Å². The number of hydrogen-bond donors (Lipinski definition) is 2. The fraction of sp³-hybridized carbons (Fsp3) is 0.364. The smallest absolute Gasteiger partial charge is 0.257 e. The molecule has 1 aliphatic rings. The number of carbonyl (C=O) groups excluding carboxylic acids is 2. The van der Waals surface area contributed by atoms with E-state index in [1.54, 1.807) is 25.2 Å². The van der Waals surface area contributed by atoms with Crippen LogP contribution in [0.2, 0.25) is 0 Å². The van der Waals surface area contributed by atoms with Gasteiger partial charge in [-0.05, 0) is 54.7 Å². The Bertz CT molecular complexity index is 866. The Balaban J connectivity index is 1.75. The Labute approximate surface area is 179 Å². The number of carbonyl (C=O) groups is 2. The van der Waals surface area contributed by atoms with E-state index in [4.69, 9.17) is 9.47 Å². The second kappa shape index (κ2) is 9.78. The summed E-state index contributed by atoms with van der Waals surface area (Å²) in [5.74, 6) is 0.853. The van der Waals surface area contributed by atoms with E-state index in [2.05, 4.69) is 26.6 Å². The van der Waals surface area contributed by atoms with E-state index in [1.807, 2.05) is 24.3 Å². The van der Waals surface area contributed by atoms with Crippen molar-refractivity contribution in [1.82, 2.24) is 10.6 Å². The highest BCUT2D eigenvalue weighted by molar-refractivity contribution is 9.10. The van der Waals surface area contributed by atoms with E-state index in [9.17, 15) is 9.59 Å². The van der Waals surface area contributed by atoms with Gasteiger partial charge in [0.1, 0.15) is 0 Å². The van der Waals surface area contributed by atoms with Gasteiger partial charge in [0.15, 0.2) is 18.1 Å². The van der Waals surface area contributed by atoms with Crippen molar-refractivity contribution in [2.24, 2.45) is 5.92 Å². The molecule has 2 aromatic rings. The summed E-state index contributed by atoms with van der Waals surface area (Å²) in [6.07, 6.45) is 3.41. The predicted octanol–water partition coefficient (Wildman–Crippen LogP) is 3.85. The maximum atomic E-state index is 13.0. The molecular weight excluding hydrogens is 436 g/mol. The number of nitrogens with one attached hydrogen (secondary N) is 2. The zero-order valence-electron chi connectivity index (χ0n) is 16.5. The van der Waals surface area contributed by atoms with Crippen LogP contribution in [0.15, 0.2) is 46.9 Å². The van der Waals surface area contributed by atoms with Crippen molar-refractivity contribution in [3.63, 3.8) is 0 Å². The summed E-state index contributed by atoms with van der Waals surface area (Å²) in [5, 5.41) is 5.68. The molecule has 0 aliphatic heterocycles. The van der Waals surface area contributed by atoms with Crippen LogP contribution in [0.1, 0.15) is 41.2 Å². The van der Waals surface area contributed by atoms with Crippen LogP contribution < -0.4 is 20.1 Å². The van der Waals surface area contributed by atoms with E-state index in [0.29, 0.717) is 23.0 Å². The third-order valence-electron chi connectivity index (χ3n) is 5.20. The second-order valence-electron chi connectivity index (χ2n) is 7.02. The zero-order valence-corrected chi connectivity index (χ0v) is 18.1. The number of halogens is 1. The van der Waals surface area contributed by atoms with Gasteiger partial charge >= 0.3 is 0 Å². The van der Waals surface area contributed by atoms with Crippen LogP contribution in [0.4, 0.5) is 0 Å². The molecule has 0 bridgehead atoms. The highest BCUT2D eigenvalue weighted by Gasteiger charge is 2.30. The number of benzene rings is 2. The minimum atomic E-state index is -0.244. The van der Waals surface area contributed by atoms with Crippen molar-refractivity contribution in [3.8, 4) is 11.5 Å². The molecule has 6 nitrogen and oxygen atoms in total. The molecule has 0 aromatic heterocycles. The van der Waals surface area contributed by atoms with E-state index in [1.165, 1.54) is 13.5 Å². The molecule has 2 aromatic carbocycles. The third-order valence-corrected chi connectivity index (χ3v) is 5.73. The second-order valence-corrected chi connectivity index (χ2v) is 7.94. The topological polar surface area (TPSA) is 76.7 Å². The number of methoxy groups -OCH3 is 1. The normalized spacial score (nSPS) is 14.4. The Hall–Kier alpha value is -2.54. The van der Waals surface area contributed by atoms with Crippen LogP contribution in [0.3, 0.4) is 0 Å². The lowest BCUT2D eigenvalue weighted by molar-refractivity contribution is -0.122. The Morgan fingerprint density at radius 3 is 2.45 bits per heavy atom. The molecule has 0 spiro atoms. The average molecular weight is 461 g/mol. The predicted molar refractivity (Wildman–Crippen MR) is 114 cm³/mol.